The molecular formula is C11H18N4. The summed E-state index contributed by atoms with van der Waals surface area (Å²) in [5, 5.41) is 6.30. The molecule has 0 radical (unpaired) electrons. The normalized spacial score (nSPS) is 16.6. The van der Waals surface area contributed by atoms with E-state index in [-0.39, 0.29) is 0 Å². The number of nitrogens with zero attached hydrogens (tertiary/aromatic N) is 2. The summed E-state index contributed by atoms with van der Waals surface area (Å²) < 4.78 is 0. The Morgan fingerprint density at radius 3 is 2.93 bits per heavy atom. The van der Waals surface area contributed by atoms with Crippen LogP contribution in [0.2, 0.25) is 0 Å². The molecule has 1 saturated carbocycles. The first-order chi connectivity index (χ1) is 7.38. The molecule has 1 aliphatic carbocycles. The summed E-state index contributed by atoms with van der Waals surface area (Å²) in [4.78, 5) is 8.39. The lowest BCUT2D eigenvalue weighted by molar-refractivity contribution is 0.579. The summed E-state index contributed by atoms with van der Waals surface area (Å²) in [7, 11) is 1.83. The number of hydrogen-bond acceptors (Lipinski definition) is 4. The molecule has 1 aliphatic rings. The van der Waals surface area contributed by atoms with Crippen molar-refractivity contribution in [2.75, 3.05) is 24.2 Å². The molecule has 0 spiro atoms. The first-order valence-corrected chi connectivity index (χ1v) is 5.63. The van der Waals surface area contributed by atoms with Crippen LogP contribution in [0.15, 0.2) is 12.3 Å². The van der Waals surface area contributed by atoms with Crippen molar-refractivity contribution < 1.29 is 0 Å². The topological polar surface area (TPSA) is 49.8 Å². The van der Waals surface area contributed by atoms with E-state index in [0.29, 0.717) is 5.95 Å². The van der Waals surface area contributed by atoms with Crippen molar-refractivity contribution in [1.29, 1.82) is 0 Å². The summed E-state index contributed by atoms with van der Waals surface area (Å²) in [6.07, 6.45) is 7.26. The minimum atomic E-state index is 0.673. The van der Waals surface area contributed by atoms with E-state index in [0.717, 1.165) is 18.3 Å². The summed E-state index contributed by atoms with van der Waals surface area (Å²) in [6, 6.07) is 1.91. The van der Waals surface area contributed by atoms with Crippen LogP contribution < -0.4 is 10.6 Å². The zero-order valence-electron chi connectivity index (χ0n) is 9.16. The van der Waals surface area contributed by atoms with Crippen LogP contribution in [0.4, 0.5) is 11.8 Å². The van der Waals surface area contributed by atoms with Crippen molar-refractivity contribution in [3.05, 3.63) is 12.3 Å². The number of rotatable bonds is 4. The number of nitrogens with one attached hydrogen (secondary N) is 2. The molecule has 0 unspecified atom stereocenters. The maximum absolute atomic E-state index is 4.32. The average molecular weight is 206 g/mol. The van der Waals surface area contributed by atoms with Crippen LogP contribution in [0.1, 0.15) is 25.7 Å². The highest BCUT2D eigenvalue weighted by Gasteiger charge is 2.14. The van der Waals surface area contributed by atoms with Gasteiger partial charge in [0.25, 0.3) is 0 Å². The van der Waals surface area contributed by atoms with Gasteiger partial charge in [0.05, 0.1) is 0 Å². The predicted octanol–water partition coefficient (Wildman–Crippen LogP) is 2.12. The second-order valence-electron chi connectivity index (χ2n) is 4.05. The van der Waals surface area contributed by atoms with Crippen LogP contribution in [0.25, 0.3) is 0 Å². The zero-order chi connectivity index (χ0) is 10.5. The summed E-state index contributed by atoms with van der Waals surface area (Å²) in [5.41, 5.74) is 0. The first-order valence-electron chi connectivity index (χ1n) is 5.63. The van der Waals surface area contributed by atoms with Gasteiger partial charge in [-0.3, -0.25) is 0 Å². The number of hydrogen-bond donors (Lipinski definition) is 2. The van der Waals surface area contributed by atoms with Gasteiger partial charge in [-0.05, 0) is 24.8 Å². The van der Waals surface area contributed by atoms with Gasteiger partial charge in [-0.1, -0.05) is 12.8 Å². The van der Waals surface area contributed by atoms with E-state index < -0.39 is 0 Å². The predicted molar refractivity (Wildman–Crippen MR) is 62.0 cm³/mol. The SMILES string of the molecule is CNc1nccc(NCC2CCCC2)n1. The van der Waals surface area contributed by atoms with Gasteiger partial charge in [0, 0.05) is 19.8 Å². The molecule has 0 amide bonds. The molecule has 2 rings (SSSR count). The molecule has 1 heterocycles. The van der Waals surface area contributed by atoms with Crippen molar-refractivity contribution in [3.63, 3.8) is 0 Å². The Labute approximate surface area is 90.5 Å². The maximum atomic E-state index is 4.32. The molecule has 0 bridgehead atoms. The lowest BCUT2D eigenvalue weighted by Crippen LogP contribution is -2.12. The molecule has 82 valence electrons. The minimum absolute atomic E-state index is 0.673. The summed E-state index contributed by atoms with van der Waals surface area (Å²) in [5.74, 6) is 2.42. The second-order valence-corrected chi connectivity index (χ2v) is 4.05. The van der Waals surface area contributed by atoms with E-state index in [2.05, 4.69) is 20.6 Å². The fourth-order valence-electron chi connectivity index (χ4n) is 2.04. The molecule has 0 atom stereocenters. The third kappa shape index (κ3) is 2.81. The Morgan fingerprint density at radius 2 is 2.20 bits per heavy atom. The monoisotopic (exact) mass is 206 g/mol. The van der Waals surface area contributed by atoms with Gasteiger partial charge in [-0.2, -0.15) is 4.98 Å². The third-order valence-electron chi connectivity index (χ3n) is 2.93. The lowest BCUT2D eigenvalue weighted by atomic mass is 10.1. The zero-order valence-corrected chi connectivity index (χ0v) is 9.16. The molecule has 0 aromatic carbocycles. The Hall–Kier alpha value is -1.32. The Balaban J connectivity index is 1.86. The fraction of sp³-hybridized carbons (Fsp3) is 0.636. The van der Waals surface area contributed by atoms with E-state index in [1.54, 1.807) is 6.20 Å². The van der Waals surface area contributed by atoms with Gasteiger partial charge in [0.2, 0.25) is 5.95 Å². The first kappa shape index (κ1) is 10.2. The van der Waals surface area contributed by atoms with Crippen LogP contribution in [0, 0.1) is 5.92 Å². The molecule has 1 aromatic heterocycles. The number of aromatic nitrogens is 2. The van der Waals surface area contributed by atoms with E-state index in [1.165, 1.54) is 25.7 Å². The molecule has 4 nitrogen and oxygen atoms in total. The van der Waals surface area contributed by atoms with Crippen molar-refractivity contribution in [3.8, 4) is 0 Å². The van der Waals surface area contributed by atoms with E-state index in [9.17, 15) is 0 Å². The number of anilines is 2. The Kier molecular flexibility index (Phi) is 3.37. The molecule has 0 saturated heterocycles. The Morgan fingerprint density at radius 1 is 1.40 bits per heavy atom. The van der Waals surface area contributed by atoms with Gasteiger partial charge in [0.1, 0.15) is 5.82 Å². The molecule has 15 heavy (non-hydrogen) atoms. The minimum Gasteiger partial charge on any atom is -0.370 e. The van der Waals surface area contributed by atoms with Crippen molar-refractivity contribution in [1.82, 2.24) is 9.97 Å². The van der Waals surface area contributed by atoms with Crippen LogP contribution in [0.5, 0.6) is 0 Å². The molecule has 0 aliphatic heterocycles. The summed E-state index contributed by atoms with van der Waals surface area (Å²) >= 11 is 0. The van der Waals surface area contributed by atoms with Crippen molar-refractivity contribution in [2.45, 2.75) is 25.7 Å². The molecule has 2 N–H and O–H groups in total. The molecule has 1 fully saturated rings. The lowest BCUT2D eigenvalue weighted by Gasteiger charge is -2.11. The highest BCUT2D eigenvalue weighted by atomic mass is 15.1. The fourth-order valence-corrected chi connectivity index (χ4v) is 2.04. The van der Waals surface area contributed by atoms with E-state index in [1.807, 2.05) is 13.1 Å². The second kappa shape index (κ2) is 4.96. The quantitative estimate of drug-likeness (QED) is 0.792. The molecular weight excluding hydrogens is 188 g/mol. The van der Waals surface area contributed by atoms with Crippen LogP contribution in [-0.4, -0.2) is 23.6 Å². The van der Waals surface area contributed by atoms with E-state index in [4.69, 9.17) is 0 Å². The van der Waals surface area contributed by atoms with Crippen LogP contribution in [-0.2, 0) is 0 Å². The molecule has 1 aromatic rings. The van der Waals surface area contributed by atoms with Gasteiger partial charge < -0.3 is 10.6 Å². The summed E-state index contributed by atoms with van der Waals surface area (Å²) in [6.45, 7) is 1.04. The standard InChI is InChI=1S/C11H18N4/c1-12-11-13-7-6-10(15-11)14-8-9-4-2-3-5-9/h6-7,9H,2-5,8H2,1H3,(H2,12,13,14,15). The smallest absolute Gasteiger partial charge is 0.224 e. The van der Waals surface area contributed by atoms with Gasteiger partial charge in [-0.25, -0.2) is 4.98 Å². The van der Waals surface area contributed by atoms with Gasteiger partial charge in [-0.15, -0.1) is 0 Å². The maximum Gasteiger partial charge on any atom is 0.224 e. The van der Waals surface area contributed by atoms with Gasteiger partial charge in [0.15, 0.2) is 0 Å². The Bertz CT molecular complexity index is 307. The largest absolute Gasteiger partial charge is 0.370 e. The third-order valence-corrected chi connectivity index (χ3v) is 2.93. The highest BCUT2D eigenvalue weighted by Crippen LogP contribution is 2.24. The van der Waals surface area contributed by atoms with Crippen LogP contribution >= 0.6 is 0 Å². The van der Waals surface area contributed by atoms with Gasteiger partial charge >= 0.3 is 0 Å². The average Bonchev–Trinajstić information content (AvgIpc) is 2.79. The van der Waals surface area contributed by atoms with Crippen molar-refractivity contribution in [2.24, 2.45) is 5.92 Å². The molecule has 4 heteroatoms. The highest BCUT2D eigenvalue weighted by molar-refractivity contribution is 5.39. The van der Waals surface area contributed by atoms with Crippen molar-refractivity contribution >= 4 is 11.8 Å². The van der Waals surface area contributed by atoms with E-state index >= 15 is 0 Å². The van der Waals surface area contributed by atoms with Crippen LogP contribution in [0.3, 0.4) is 0 Å².